The number of H-pyrrole nitrogens is 1. The van der Waals surface area contributed by atoms with E-state index in [-0.39, 0.29) is 11.6 Å². The van der Waals surface area contributed by atoms with Crippen LogP contribution in [-0.4, -0.2) is 12.1 Å². The van der Waals surface area contributed by atoms with Crippen molar-refractivity contribution in [2.75, 3.05) is 7.11 Å². The summed E-state index contributed by atoms with van der Waals surface area (Å²) in [7, 11) is 1.43. The van der Waals surface area contributed by atoms with Crippen LogP contribution in [0.5, 0.6) is 5.75 Å². The SMILES string of the molecule is COc1cc2cc(-c3ccc(F)cc3)[nH]c2cc1F. The quantitative estimate of drug-likeness (QED) is 0.735. The first kappa shape index (κ1) is 11.7. The molecule has 2 nitrogen and oxygen atoms in total. The van der Waals surface area contributed by atoms with Crippen LogP contribution in [0, 0.1) is 11.6 Å². The van der Waals surface area contributed by atoms with Crippen LogP contribution >= 0.6 is 0 Å². The lowest BCUT2D eigenvalue weighted by molar-refractivity contribution is 0.387. The monoisotopic (exact) mass is 259 g/mol. The van der Waals surface area contributed by atoms with E-state index in [1.165, 1.54) is 25.3 Å². The van der Waals surface area contributed by atoms with Crippen molar-refractivity contribution < 1.29 is 13.5 Å². The van der Waals surface area contributed by atoms with E-state index in [1.807, 2.05) is 6.07 Å². The number of methoxy groups -OCH3 is 1. The van der Waals surface area contributed by atoms with Crippen molar-refractivity contribution in [3.8, 4) is 17.0 Å². The second-order valence-electron chi connectivity index (χ2n) is 4.26. The topological polar surface area (TPSA) is 25.0 Å². The van der Waals surface area contributed by atoms with E-state index in [9.17, 15) is 8.78 Å². The van der Waals surface area contributed by atoms with Crippen molar-refractivity contribution in [1.82, 2.24) is 4.98 Å². The number of rotatable bonds is 2. The third-order valence-electron chi connectivity index (χ3n) is 3.05. The molecule has 3 rings (SSSR count). The average Bonchev–Trinajstić information content (AvgIpc) is 2.81. The maximum atomic E-state index is 13.6. The Morgan fingerprint density at radius 2 is 1.74 bits per heavy atom. The van der Waals surface area contributed by atoms with Gasteiger partial charge in [-0.3, -0.25) is 0 Å². The van der Waals surface area contributed by atoms with E-state index in [1.54, 1.807) is 18.2 Å². The van der Waals surface area contributed by atoms with Crippen molar-refractivity contribution in [3.05, 3.63) is 54.1 Å². The van der Waals surface area contributed by atoms with Crippen LogP contribution in [0.25, 0.3) is 22.2 Å². The highest BCUT2D eigenvalue weighted by Crippen LogP contribution is 2.29. The Balaban J connectivity index is 2.13. The molecule has 0 aliphatic rings. The molecule has 1 N–H and O–H groups in total. The minimum absolute atomic E-state index is 0.206. The van der Waals surface area contributed by atoms with Gasteiger partial charge >= 0.3 is 0 Å². The summed E-state index contributed by atoms with van der Waals surface area (Å²) in [5.74, 6) is -0.493. The van der Waals surface area contributed by atoms with Crippen molar-refractivity contribution in [2.45, 2.75) is 0 Å². The predicted octanol–water partition coefficient (Wildman–Crippen LogP) is 4.12. The molecule has 0 bridgehead atoms. The lowest BCUT2D eigenvalue weighted by Gasteiger charge is -2.00. The van der Waals surface area contributed by atoms with Gasteiger partial charge in [0.15, 0.2) is 11.6 Å². The van der Waals surface area contributed by atoms with Gasteiger partial charge in [-0.25, -0.2) is 8.78 Å². The van der Waals surface area contributed by atoms with Crippen molar-refractivity contribution in [2.24, 2.45) is 0 Å². The fraction of sp³-hybridized carbons (Fsp3) is 0.0667. The molecule has 0 atom stereocenters. The number of nitrogens with one attached hydrogen (secondary N) is 1. The normalized spacial score (nSPS) is 10.9. The molecule has 0 radical (unpaired) electrons. The molecule has 0 unspecified atom stereocenters. The lowest BCUT2D eigenvalue weighted by Crippen LogP contribution is -1.86. The Morgan fingerprint density at radius 3 is 2.42 bits per heavy atom. The van der Waals surface area contributed by atoms with E-state index in [2.05, 4.69) is 4.98 Å². The van der Waals surface area contributed by atoms with E-state index < -0.39 is 5.82 Å². The van der Waals surface area contributed by atoms with Crippen LogP contribution < -0.4 is 4.74 Å². The van der Waals surface area contributed by atoms with E-state index >= 15 is 0 Å². The molecule has 0 saturated heterocycles. The maximum absolute atomic E-state index is 13.6. The molecule has 0 spiro atoms. The van der Waals surface area contributed by atoms with Crippen LogP contribution in [0.15, 0.2) is 42.5 Å². The lowest BCUT2D eigenvalue weighted by atomic mass is 10.1. The molecule has 19 heavy (non-hydrogen) atoms. The number of aromatic amines is 1. The van der Waals surface area contributed by atoms with Gasteiger partial charge in [0.2, 0.25) is 0 Å². The number of aromatic nitrogens is 1. The maximum Gasteiger partial charge on any atom is 0.167 e. The Morgan fingerprint density at radius 1 is 1.00 bits per heavy atom. The van der Waals surface area contributed by atoms with Crippen LogP contribution in [0.3, 0.4) is 0 Å². The molecule has 0 fully saturated rings. The minimum Gasteiger partial charge on any atom is -0.494 e. The van der Waals surface area contributed by atoms with Gasteiger partial charge in [0.25, 0.3) is 0 Å². The Hall–Kier alpha value is -2.36. The Labute approximate surface area is 108 Å². The minimum atomic E-state index is -0.414. The second kappa shape index (κ2) is 4.39. The summed E-state index contributed by atoms with van der Waals surface area (Å²) in [6.45, 7) is 0. The first-order valence-corrected chi connectivity index (χ1v) is 5.79. The Kier molecular flexibility index (Phi) is 2.71. The largest absolute Gasteiger partial charge is 0.494 e. The van der Waals surface area contributed by atoms with Crippen LogP contribution in [0.1, 0.15) is 0 Å². The number of fused-ring (bicyclic) bond motifs is 1. The van der Waals surface area contributed by atoms with Crippen molar-refractivity contribution in [1.29, 1.82) is 0 Å². The molecular formula is C15H11F2NO. The van der Waals surface area contributed by atoms with Gasteiger partial charge in [-0.05, 0) is 42.0 Å². The Bertz CT molecular complexity index is 732. The van der Waals surface area contributed by atoms with Gasteiger partial charge in [-0.15, -0.1) is 0 Å². The summed E-state index contributed by atoms with van der Waals surface area (Å²) in [6, 6.07) is 11.0. The molecule has 2 aromatic carbocycles. The molecule has 96 valence electrons. The zero-order chi connectivity index (χ0) is 13.4. The van der Waals surface area contributed by atoms with Crippen LogP contribution in [-0.2, 0) is 0 Å². The van der Waals surface area contributed by atoms with Crippen molar-refractivity contribution in [3.63, 3.8) is 0 Å². The fourth-order valence-electron chi connectivity index (χ4n) is 2.07. The molecule has 0 amide bonds. The van der Waals surface area contributed by atoms with Gasteiger partial charge in [-0.2, -0.15) is 0 Å². The van der Waals surface area contributed by atoms with Crippen LogP contribution in [0.4, 0.5) is 8.78 Å². The van der Waals surface area contributed by atoms with E-state index in [0.717, 1.165) is 16.6 Å². The average molecular weight is 259 g/mol. The molecule has 4 heteroatoms. The second-order valence-corrected chi connectivity index (χ2v) is 4.26. The molecule has 0 aliphatic carbocycles. The first-order valence-electron chi connectivity index (χ1n) is 5.79. The zero-order valence-corrected chi connectivity index (χ0v) is 10.2. The van der Waals surface area contributed by atoms with Gasteiger partial charge in [-0.1, -0.05) is 0 Å². The van der Waals surface area contributed by atoms with Crippen LogP contribution in [0.2, 0.25) is 0 Å². The van der Waals surface area contributed by atoms with Gasteiger partial charge < -0.3 is 9.72 Å². The summed E-state index contributed by atoms with van der Waals surface area (Å²) in [4.78, 5) is 3.11. The van der Waals surface area contributed by atoms with Crippen molar-refractivity contribution >= 4 is 10.9 Å². The van der Waals surface area contributed by atoms with E-state index in [4.69, 9.17) is 4.74 Å². The number of halogens is 2. The summed E-state index contributed by atoms with van der Waals surface area (Å²) in [5.41, 5.74) is 2.33. The molecule has 1 aromatic heterocycles. The zero-order valence-electron chi connectivity index (χ0n) is 10.2. The smallest absolute Gasteiger partial charge is 0.167 e. The number of hydrogen-bond acceptors (Lipinski definition) is 1. The van der Waals surface area contributed by atoms with Gasteiger partial charge in [0, 0.05) is 22.7 Å². The summed E-state index contributed by atoms with van der Waals surface area (Å²) in [6.07, 6.45) is 0. The molecule has 0 aliphatic heterocycles. The number of benzene rings is 2. The molecule has 1 heterocycles. The molecule has 0 saturated carbocycles. The summed E-state index contributed by atoms with van der Waals surface area (Å²) < 4.78 is 31.4. The molecule has 3 aromatic rings. The first-order chi connectivity index (χ1) is 9.17. The number of ether oxygens (including phenoxy) is 1. The number of hydrogen-bond donors (Lipinski definition) is 1. The summed E-state index contributed by atoms with van der Waals surface area (Å²) in [5, 5.41) is 0.845. The third kappa shape index (κ3) is 2.05. The van der Waals surface area contributed by atoms with Gasteiger partial charge in [0.1, 0.15) is 5.82 Å². The summed E-state index contributed by atoms with van der Waals surface area (Å²) >= 11 is 0. The predicted molar refractivity (Wildman–Crippen MR) is 70.2 cm³/mol. The highest BCUT2D eigenvalue weighted by molar-refractivity contribution is 5.87. The third-order valence-corrected chi connectivity index (χ3v) is 3.05. The van der Waals surface area contributed by atoms with E-state index in [0.29, 0.717) is 5.52 Å². The molecular weight excluding hydrogens is 248 g/mol. The van der Waals surface area contributed by atoms with Gasteiger partial charge in [0.05, 0.1) is 7.11 Å². The highest BCUT2D eigenvalue weighted by Gasteiger charge is 2.08. The highest BCUT2D eigenvalue weighted by atomic mass is 19.1. The fourth-order valence-corrected chi connectivity index (χ4v) is 2.07. The standard InChI is InChI=1S/C15H11F2NO/c1-19-15-7-10-6-13(18-14(10)8-12(15)17)9-2-4-11(16)5-3-9/h2-8,18H,1H3.